The molecule has 1 N–H and O–H groups in total. The zero-order valence-electron chi connectivity index (χ0n) is 9.14. The zero-order chi connectivity index (χ0) is 12.5. The number of rotatable bonds is 2. The summed E-state index contributed by atoms with van der Waals surface area (Å²) in [6.45, 7) is 1.93. The Balaban J connectivity index is 2.45. The second kappa shape index (κ2) is 4.21. The van der Waals surface area contributed by atoms with E-state index in [4.69, 9.17) is 4.74 Å². The summed E-state index contributed by atoms with van der Waals surface area (Å²) in [5.74, 6) is -0.568. The monoisotopic (exact) mass is 253 g/mol. The topological polar surface area (TPSA) is 72.5 Å². The van der Waals surface area contributed by atoms with E-state index in [-0.39, 0.29) is 17.2 Å². The SMILES string of the molecule is CCOC(=O)C=C1NS(=O)(=O)c2ccccc21. The summed E-state index contributed by atoms with van der Waals surface area (Å²) in [4.78, 5) is 11.5. The Hall–Kier alpha value is -1.82. The Labute approximate surface area is 99.1 Å². The molecule has 0 bridgehead atoms. The molecule has 0 fully saturated rings. The molecule has 0 atom stereocenters. The molecule has 1 aromatic rings. The van der Waals surface area contributed by atoms with Crippen molar-refractivity contribution in [2.45, 2.75) is 11.8 Å². The highest BCUT2D eigenvalue weighted by Crippen LogP contribution is 2.29. The van der Waals surface area contributed by atoms with Crippen LogP contribution in [0.1, 0.15) is 12.5 Å². The van der Waals surface area contributed by atoms with Gasteiger partial charge in [0.15, 0.2) is 0 Å². The molecule has 1 heterocycles. The second-order valence-electron chi connectivity index (χ2n) is 3.41. The number of fused-ring (bicyclic) bond motifs is 1. The van der Waals surface area contributed by atoms with Crippen LogP contribution in [0, 0.1) is 0 Å². The Kier molecular flexibility index (Phi) is 2.89. The minimum Gasteiger partial charge on any atom is -0.463 e. The van der Waals surface area contributed by atoms with Crippen LogP contribution >= 0.6 is 0 Å². The van der Waals surface area contributed by atoms with E-state index in [1.165, 1.54) is 6.07 Å². The predicted molar refractivity (Wildman–Crippen MR) is 61.4 cm³/mol. The molecule has 0 spiro atoms. The van der Waals surface area contributed by atoms with Crippen molar-refractivity contribution >= 4 is 21.7 Å². The van der Waals surface area contributed by atoms with E-state index in [1.807, 2.05) is 0 Å². The standard InChI is InChI=1S/C11H11NO4S/c1-2-16-11(13)7-9-8-5-3-4-6-10(8)17(14,15)12-9/h3-7,12H,2H2,1H3. The van der Waals surface area contributed by atoms with E-state index >= 15 is 0 Å². The maximum Gasteiger partial charge on any atom is 0.332 e. The number of carbonyl (C=O) groups excluding carboxylic acids is 1. The fourth-order valence-electron chi connectivity index (χ4n) is 1.59. The van der Waals surface area contributed by atoms with Crippen molar-refractivity contribution in [3.05, 3.63) is 35.9 Å². The van der Waals surface area contributed by atoms with Crippen molar-refractivity contribution in [3.8, 4) is 0 Å². The number of ether oxygens (including phenoxy) is 1. The Morgan fingerprint density at radius 3 is 2.82 bits per heavy atom. The molecule has 0 unspecified atom stereocenters. The van der Waals surface area contributed by atoms with Gasteiger partial charge in [0.1, 0.15) is 0 Å². The number of hydrogen-bond donors (Lipinski definition) is 1. The maximum atomic E-state index is 11.7. The van der Waals surface area contributed by atoms with Crippen LogP contribution < -0.4 is 4.72 Å². The molecule has 1 aliphatic rings. The van der Waals surface area contributed by atoms with Crippen molar-refractivity contribution in [2.24, 2.45) is 0 Å². The number of hydrogen-bond acceptors (Lipinski definition) is 4. The molecule has 0 aromatic heterocycles. The normalized spacial score (nSPS) is 18.5. The fourth-order valence-corrected chi connectivity index (χ4v) is 2.88. The highest BCUT2D eigenvalue weighted by Gasteiger charge is 2.29. The molecule has 0 amide bonds. The van der Waals surface area contributed by atoms with Crippen molar-refractivity contribution < 1.29 is 17.9 Å². The lowest BCUT2D eigenvalue weighted by Gasteiger charge is -1.99. The van der Waals surface area contributed by atoms with E-state index in [9.17, 15) is 13.2 Å². The van der Waals surface area contributed by atoms with Crippen molar-refractivity contribution in [3.63, 3.8) is 0 Å². The van der Waals surface area contributed by atoms with Crippen LogP contribution in [0.15, 0.2) is 35.2 Å². The van der Waals surface area contributed by atoms with E-state index in [2.05, 4.69) is 4.72 Å². The number of nitrogens with one attached hydrogen (secondary N) is 1. The average molecular weight is 253 g/mol. The van der Waals surface area contributed by atoms with Gasteiger partial charge in [-0.05, 0) is 13.0 Å². The van der Waals surface area contributed by atoms with Crippen LogP contribution in [0.4, 0.5) is 0 Å². The molecule has 17 heavy (non-hydrogen) atoms. The minimum absolute atomic E-state index is 0.176. The maximum absolute atomic E-state index is 11.7. The van der Waals surface area contributed by atoms with E-state index in [0.29, 0.717) is 5.56 Å². The summed E-state index contributed by atoms with van der Waals surface area (Å²) < 4.78 is 30.5. The predicted octanol–water partition coefficient (Wildman–Crippen LogP) is 0.883. The number of benzene rings is 1. The summed E-state index contributed by atoms with van der Waals surface area (Å²) in [6.07, 6.45) is 1.15. The first-order valence-corrected chi connectivity index (χ1v) is 6.53. The van der Waals surface area contributed by atoms with Gasteiger partial charge >= 0.3 is 5.97 Å². The lowest BCUT2D eigenvalue weighted by Crippen LogP contribution is -2.14. The van der Waals surface area contributed by atoms with E-state index in [0.717, 1.165) is 6.08 Å². The molecule has 1 aromatic carbocycles. The van der Waals surface area contributed by atoms with E-state index < -0.39 is 16.0 Å². The third-order valence-electron chi connectivity index (χ3n) is 2.26. The molecule has 0 saturated carbocycles. The first-order chi connectivity index (χ1) is 8.04. The van der Waals surface area contributed by atoms with Gasteiger partial charge in [-0.15, -0.1) is 0 Å². The number of esters is 1. The molecule has 0 radical (unpaired) electrons. The molecular weight excluding hydrogens is 242 g/mol. The van der Waals surface area contributed by atoms with Gasteiger partial charge in [0.05, 0.1) is 17.2 Å². The van der Waals surface area contributed by atoms with Gasteiger partial charge in [0, 0.05) is 11.6 Å². The van der Waals surface area contributed by atoms with Crippen LogP contribution in [-0.4, -0.2) is 21.0 Å². The van der Waals surface area contributed by atoms with Gasteiger partial charge in [-0.25, -0.2) is 13.2 Å². The zero-order valence-corrected chi connectivity index (χ0v) is 9.95. The smallest absolute Gasteiger partial charge is 0.332 e. The van der Waals surface area contributed by atoms with Crippen LogP contribution in [0.2, 0.25) is 0 Å². The fraction of sp³-hybridized carbons (Fsp3) is 0.182. The van der Waals surface area contributed by atoms with Crippen molar-refractivity contribution in [1.29, 1.82) is 0 Å². The van der Waals surface area contributed by atoms with Crippen molar-refractivity contribution in [1.82, 2.24) is 4.72 Å². The Morgan fingerprint density at radius 2 is 2.12 bits per heavy atom. The summed E-state index contributed by atoms with van der Waals surface area (Å²) in [5.41, 5.74) is 0.736. The van der Waals surface area contributed by atoms with Gasteiger partial charge in [0.2, 0.25) is 0 Å². The second-order valence-corrected chi connectivity index (χ2v) is 5.06. The molecule has 2 rings (SSSR count). The molecular formula is C11H11NO4S. The molecule has 0 aliphatic carbocycles. The third kappa shape index (κ3) is 2.16. The summed E-state index contributed by atoms with van der Waals surface area (Å²) in [5, 5.41) is 0. The van der Waals surface area contributed by atoms with Crippen LogP contribution in [0.3, 0.4) is 0 Å². The number of sulfonamides is 1. The highest BCUT2D eigenvalue weighted by atomic mass is 32.2. The molecule has 1 aliphatic heterocycles. The quantitative estimate of drug-likeness (QED) is 0.627. The number of carbonyl (C=O) groups is 1. The molecule has 5 nitrogen and oxygen atoms in total. The first kappa shape index (κ1) is 11.7. The van der Waals surface area contributed by atoms with Gasteiger partial charge in [0.25, 0.3) is 10.0 Å². The lowest BCUT2D eigenvalue weighted by molar-refractivity contribution is -0.137. The van der Waals surface area contributed by atoms with Gasteiger partial charge in [-0.1, -0.05) is 18.2 Å². The highest BCUT2D eigenvalue weighted by molar-refractivity contribution is 7.90. The first-order valence-electron chi connectivity index (χ1n) is 5.05. The van der Waals surface area contributed by atoms with Crippen molar-refractivity contribution in [2.75, 3.05) is 6.61 Å². The van der Waals surface area contributed by atoms with Gasteiger partial charge in [-0.2, -0.15) is 0 Å². The van der Waals surface area contributed by atoms with Gasteiger partial charge in [-0.3, -0.25) is 4.72 Å². The van der Waals surface area contributed by atoms with Crippen LogP contribution in [-0.2, 0) is 19.6 Å². The lowest BCUT2D eigenvalue weighted by atomic mass is 10.1. The molecule has 0 saturated heterocycles. The van der Waals surface area contributed by atoms with Crippen LogP contribution in [0.5, 0.6) is 0 Å². The summed E-state index contributed by atoms with van der Waals surface area (Å²) in [6, 6.07) is 6.47. The van der Waals surface area contributed by atoms with Gasteiger partial charge < -0.3 is 4.74 Å². The summed E-state index contributed by atoms with van der Waals surface area (Å²) in [7, 11) is -3.54. The molecule has 90 valence electrons. The molecule has 6 heteroatoms. The average Bonchev–Trinajstić information content (AvgIpc) is 2.52. The third-order valence-corrected chi connectivity index (χ3v) is 3.68. The summed E-state index contributed by atoms with van der Waals surface area (Å²) >= 11 is 0. The largest absolute Gasteiger partial charge is 0.463 e. The van der Waals surface area contributed by atoms with E-state index in [1.54, 1.807) is 25.1 Å². The Morgan fingerprint density at radius 1 is 1.41 bits per heavy atom. The van der Waals surface area contributed by atoms with Crippen LogP contribution in [0.25, 0.3) is 5.70 Å². The Bertz CT molecular complexity index is 589. The minimum atomic E-state index is -3.54.